The molecule has 0 saturated carbocycles. The first-order valence-corrected chi connectivity index (χ1v) is 8.30. The van der Waals surface area contributed by atoms with E-state index in [1.54, 1.807) is 36.1 Å². The number of carbonyl (C=O) groups is 4. The molecule has 0 bridgehead atoms. The van der Waals surface area contributed by atoms with E-state index in [9.17, 15) is 24.3 Å². The molecule has 25 heavy (non-hydrogen) atoms. The third-order valence-corrected chi connectivity index (χ3v) is 4.92. The van der Waals surface area contributed by atoms with Crippen molar-refractivity contribution in [3.63, 3.8) is 0 Å². The fraction of sp³-hybridized carbons (Fsp3) is 0.444. The van der Waals surface area contributed by atoms with Gasteiger partial charge in [0.25, 0.3) is 5.91 Å². The van der Waals surface area contributed by atoms with Crippen LogP contribution in [0, 0.1) is 5.41 Å². The molecule has 1 unspecified atom stereocenters. The van der Waals surface area contributed by atoms with Crippen LogP contribution in [0.4, 0.5) is 5.69 Å². The molecule has 7 heteroatoms. The largest absolute Gasteiger partial charge is 0.481 e. The van der Waals surface area contributed by atoms with Crippen LogP contribution in [0.2, 0.25) is 0 Å². The van der Waals surface area contributed by atoms with Gasteiger partial charge in [-0.05, 0) is 44.0 Å². The van der Waals surface area contributed by atoms with Gasteiger partial charge in [-0.15, -0.1) is 0 Å². The molecule has 0 aliphatic carbocycles. The predicted octanol–water partition coefficient (Wildman–Crippen LogP) is 1.67. The fourth-order valence-corrected chi connectivity index (χ4v) is 3.39. The summed E-state index contributed by atoms with van der Waals surface area (Å²) in [6.07, 6.45) is 1.61. The summed E-state index contributed by atoms with van der Waals surface area (Å²) in [6, 6.07) is 6.30. The second kappa shape index (κ2) is 6.31. The number of piperidine rings is 1. The van der Waals surface area contributed by atoms with Crippen LogP contribution in [0.15, 0.2) is 24.3 Å². The topological polar surface area (TPSA) is 95.0 Å². The molecule has 2 saturated heterocycles. The number of hydrogen-bond donors (Lipinski definition) is 1. The van der Waals surface area contributed by atoms with Crippen LogP contribution in [-0.4, -0.2) is 46.8 Å². The fourth-order valence-electron chi connectivity index (χ4n) is 3.39. The van der Waals surface area contributed by atoms with E-state index in [0.717, 1.165) is 4.90 Å². The number of carbonyl (C=O) groups excluding carboxylic acids is 3. The average molecular weight is 344 g/mol. The smallest absolute Gasteiger partial charge is 0.311 e. The molecule has 1 atom stereocenters. The van der Waals surface area contributed by atoms with Gasteiger partial charge in [-0.25, -0.2) is 0 Å². The van der Waals surface area contributed by atoms with Crippen LogP contribution in [0.25, 0.3) is 0 Å². The zero-order valence-corrected chi connectivity index (χ0v) is 14.0. The van der Waals surface area contributed by atoms with Crippen LogP contribution in [0.3, 0.4) is 0 Å². The number of rotatable bonds is 3. The van der Waals surface area contributed by atoms with Gasteiger partial charge in [-0.3, -0.25) is 24.1 Å². The van der Waals surface area contributed by atoms with Gasteiger partial charge in [0.2, 0.25) is 11.8 Å². The Balaban J connectivity index is 1.76. The molecular formula is C18H20N2O5. The lowest BCUT2D eigenvalue weighted by Gasteiger charge is -2.37. The number of hydrogen-bond acceptors (Lipinski definition) is 4. The minimum atomic E-state index is -0.928. The van der Waals surface area contributed by atoms with Crippen LogP contribution in [0.5, 0.6) is 0 Å². The van der Waals surface area contributed by atoms with Crippen molar-refractivity contribution in [2.45, 2.75) is 32.6 Å². The Kier molecular flexibility index (Phi) is 4.32. The van der Waals surface area contributed by atoms with Crippen LogP contribution < -0.4 is 4.90 Å². The molecule has 2 aliphatic rings. The van der Waals surface area contributed by atoms with Crippen molar-refractivity contribution in [2.24, 2.45) is 5.41 Å². The predicted molar refractivity (Wildman–Crippen MR) is 89.0 cm³/mol. The third kappa shape index (κ3) is 3.14. The minimum absolute atomic E-state index is 0.173. The van der Waals surface area contributed by atoms with E-state index < -0.39 is 11.4 Å². The number of imide groups is 1. The van der Waals surface area contributed by atoms with E-state index in [2.05, 4.69) is 0 Å². The van der Waals surface area contributed by atoms with E-state index in [1.165, 1.54) is 0 Å². The standard InChI is InChI=1S/C18H20N2O5/c1-18(17(24)25)9-2-10-19(11-18)16(23)12-3-5-13(6-4-12)20-14(21)7-8-15(20)22/h3-6H,2,7-11H2,1H3,(H,24,25). The van der Waals surface area contributed by atoms with Crippen molar-refractivity contribution in [1.82, 2.24) is 4.90 Å². The molecule has 1 aromatic rings. The SMILES string of the molecule is CC1(C(=O)O)CCCN(C(=O)c2ccc(N3C(=O)CCC3=O)cc2)C1. The number of aliphatic carboxylic acids is 1. The van der Waals surface area contributed by atoms with Gasteiger partial charge in [-0.2, -0.15) is 0 Å². The molecule has 2 aliphatic heterocycles. The van der Waals surface area contributed by atoms with E-state index in [4.69, 9.17) is 0 Å². The Morgan fingerprint density at radius 1 is 1.08 bits per heavy atom. The van der Waals surface area contributed by atoms with E-state index in [0.29, 0.717) is 30.6 Å². The molecule has 0 spiro atoms. The lowest BCUT2D eigenvalue weighted by Crippen LogP contribution is -2.48. The average Bonchev–Trinajstić information content (AvgIpc) is 2.93. The van der Waals surface area contributed by atoms with E-state index in [-0.39, 0.29) is 37.1 Å². The van der Waals surface area contributed by atoms with Gasteiger partial charge >= 0.3 is 5.97 Å². The second-order valence-corrected chi connectivity index (χ2v) is 6.87. The third-order valence-electron chi connectivity index (χ3n) is 4.92. The van der Waals surface area contributed by atoms with Gasteiger partial charge in [0, 0.05) is 31.5 Å². The van der Waals surface area contributed by atoms with Crippen molar-refractivity contribution in [3.05, 3.63) is 29.8 Å². The highest BCUT2D eigenvalue weighted by Gasteiger charge is 2.39. The Bertz CT molecular complexity index is 726. The number of nitrogens with zero attached hydrogens (tertiary/aromatic N) is 2. The highest BCUT2D eigenvalue weighted by atomic mass is 16.4. The molecule has 1 aromatic carbocycles. The highest BCUT2D eigenvalue weighted by Crippen LogP contribution is 2.31. The number of anilines is 1. The van der Waals surface area contributed by atoms with Crippen molar-refractivity contribution in [3.8, 4) is 0 Å². The molecule has 0 aromatic heterocycles. The second-order valence-electron chi connectivity index (χ2n) is 6.87. The molecule has 132 valence electrons. The quantitative estimate of drug-likeness (QED) is 0.842. The van der Waals surface area contributed by atoms with Gasteiger partial charge < -0.3 is 10.0 Å². The van der Waals surface area contributed by atoms with Gasteiger partial charge in [0.05, 0.1) is 11.1 Å². The van der Waals surface area contributed by atoms with Crippen molar-refractivity contribution in [1.29, 1.82) is 0 Å². The van der Waals surface area contributed by atoms with Gasteiger partial charge in [0.15, 0.2) is 0 Å². The maximum Gasteiger partial charge on any atom is 0.311 e. The Hall–Kier alpha value is -2.70. The maximum atomic E-state index is 12.7. The lowest BCUT2D eigenvalue weighted by molar-refractivity contribution is -0.150. The Morgan fingerprint density at radius 3 is 2.24 bits per heavy atom. The Morgan fingerprint density at radius 2 is 1.68 bits per heavy atom. The number of likely N-dealkylation sites (tertiary alicyclic amines) is 1. The summed E-state index contributed by atoms with van der Waals surface area (Å²) in [7, 11) is 0. The maximum absolute atomic E-state index is 12.7. The van der Waals surface area contributed by atoms with Crippen LogP contribution in [-0.2, 0) is 14.4 Å². The van der Waals surface area contributed by atoms with Crippen LogP contribution in [0.1, 0.15) is 43.0 Å². The number of carboxylic acids is 1. The summed E-state index contributed by atoms with van der Waals surface area (Å²) in [5.41, 5.74) is -0.0575. The number of amides is 3. The lowest BCUT2D eigenvalue weighted by atomic mass is 9.82. The van der Waals surface area contributed by atoms with Gasteiger partial charge in [0.1, 0.15) is 0 Å². The highest BCUT2D eigenvalue weighted by molar-refractivity contribution is 6.19. The molecule has 3 rings (SSSR count). The Labute approximate surface area is 145 Å². The summed E-state index contributed by atoms with van der Waals surface area (Å²) in [5, 5.41) is 9.37. The molecular weight excluding hydrogens is 324 g/mol. The summed E-state index contributed by atoms with van der Waals surface area (Å²) in [6.45, 7) is 2.35. The van der Waals surface area contributed by atoms with Crippen molar-refractivity contribution < 1.29 is 24.3 Å². The molecule has 3 amide bonds. The monoisotopic (exact) mass is 344 g/mol. The van der Waals surface area contributed by atoms with Crippen molar-refractivity contribution in [2.75, 3.05) is 18.0 Å². The molecule has 2 fully saturated rings. The van der Waals surface area contributed by atoms with Crippen molar-refractivity contribution >= 4 is 29.4 Å². The summed E-state index contributed by atoms with van der Waals surface area (Å²) < 4.78 is 0. The minimum Gasteiger partial charge on any atom is -0.481 e. The molecule has 0 radical (unpaired) electrons. The zero-order chi connectivity index (χ0) is 18.2. The van der Waals surface area contributed by atoms with Gasteiger partial charge in [-0.1, -0.05) is 0 Å². The summed E-state index contributed by atoms with van der Waals surface area (Å²) >= 11 is 0. The summed E-state index contributed by atoms with van der Waals surface area (Å²) in [4.78, 5) is 50.3. The molecule has 2 heterocycles. The zero-order valence-electron chi connectivity index (χ0n) is 14.0. The molecule has 7 nitrogen and oxygen atoms in total. The summed E-state index contributed by atoms with van der Waals surface area (Å²) in [5.74, 6) is -1.61. The van der Waals surface area contributed by atoms with E-state index in [1.807, 2.05) is 0 Å². The number of carboxylic acid groups (broad SMARTS) is 1. The first-order valence-electron chi connectivity index (χ1n) is 8.30. The first-order chi connectivity index (χ1) is 11.8. The molecule has 1 N–H and O–H groups in total. The normalized spacial score (nSPS) is 23.9. The van der Waals surface area contributed by atoms with Crippen LogP contribution >= 0.6 is 0 Å². The number of benzene rings is 1. The van der Waals surface area contributed by atoms with E-state index >= 15 is 0 Å². The first kappa shape index (κ1) is 17.1.